The van der Waals surface area contributed by atoms with Gasteiger partial charge in [0.2, 0.25) is 5.91 Å². The van der Waals surface area contributed by atoms with Crippen LogP contribution in [0.25, 0.3) is 0 Å². The van der Waals surface area contributed by atoms with E-state index >= 15 is 0 Å². The number of aryl methyl sites for hydroxylation is 1. The van der Waals surface area contributed by atoms with E-state index in [2.05, 4.69) is 20.9 Å². The molecule has 2 aromatic rings. The van der Waals surface area contributed by atoms with Crippen LogP contribution in [0.3, 0.4) is 0 Å². The van der Waals surface area contributed by atoms with Crippen LogP contribution in [0.4, 0.5) is 16.5 Å². The van der Waals surface area contributed by atoms with Crippen LogP contribution in [0, 0.1) is 12.8 Å². The molecule has 6 heteroatoms. The average molecular weight is 356 g/mol. The van der Waals surface area contributed by atoms with Crippen LogP contribution in [-0.2, 0) is 4.79 Å². The summed E-state index contributed by atoms with van der Waals surface area (Å²) in [5.41, 5.74) is 2.84. The van der Waals surface area contributed by atoms with Gasteiger partial charge >= 0.3 is 0 Å². The minimum Gasteiger partial charge on any atom is -0.332 e. The molecule has 1 amide bonds. The SMILES string of the molecule is Cc1csc(Nc2ccc(NC(=O)CC3CC4CCC(C3)N4)cc2)n1. The Bertz CT molecular complexity index is 730. The first-order chi connectivity index (χ1) is 12.1. The third kappa shape index (κ3) is 4.19. The van der Waals surface area contributed by atoms with Gasteiger partial charge in [0.15, 0.2) is 5.13 Å². The average Bonchev–Trinajstić information content (AvgIpc) is 3.14. The molecule has 1 aromatic heterocycles. The number of nitrogens with zero attached hydrogens (tertiary/aromatic N) is 1. The zero-order chi connectivity index (χ0) is 17.2. The Morgan fingerprint density at radius 3 is 2.52 bits per heavy atom. The summed E-state index contributed by atoms with van der Waals surface area (Å²) in [6.07, 6.45) is 5.46. The van der Waals surface area contributed by atoms with Gasteiger partial charge < -0.3 is 16.0 Å². The van der Waals surface area contributed by atoms with Gasteiger partial charge in [0.05, 0.1) is 5.69 Å². The summed E-state index contributed by atoms with van der Waals surface area (Å²) in [5, 5.41) is 12.8. The normalized spacial score (nSPS) is 24.9. The predicted octanol–water partition coefficient (Wildman–Crippen LogP) is 4.05. The largest absolute Gasteiger partial charge is 0.332 e. The highest BCUT2D eigenvalue weighted by Gasteiger charge is 2.34. The van der Waals surface area contributed by atoms with Gasteiger partial charge in [-0.3, -0.25) is 4.79 Å². The molecule has 2 bridgehead atoms. The van der Waals surface area contributed by atoms with E-state index in [1.807, 2.05) is 36.6 Å². The van der Waals surface area contributed by atoms with E-state index in [4.69, 9.17) is 0 Å². The monoisotopic (exact) mass is 356 g/mol. The van der Waals surface area contributed by atoms with Gasteiger partial charge in [-0.05, 0) is 62.8 Å². The van der Waals surface area contributed by atoms with E-state index in [1.165, 1.54) is 12.8 Å². The highest BCUT2D eigenvalue weighted by atomic mass is 32.1. The van der Waals surface area contributed by atoms with Gasteiger partial charge in [-0.25, -0.2) is 4.98 Å². The number of carbonyl (C=O) groups is 1. The van der Waals surface area contributed by atoms with Gasteiger partial charge in [-0.15, -0.1) is 11.3 Å². The maximum atomic E-state index is 12.3. The maximum Gasteiger partial charge on any atom is 0.224 e. The Kier molecular flexibility index (Phi) is 4.72. The fraction of sp³-hybridized carbons (Fsp3) is 0.474. The van der Waals surface area contributed by atoms with Gasteiger partial charge in [0.25, 0.3) is 0 Å². The van der Waals surface area contributed by atoms with Crippen molar-refractivity contribution in [3.05, 3.63) is 35.3 Å². The summed E-state index contributed by atoms with van der Waals surface area (Å²) >= 11 is 1.59. The number of fused-ring (bicyclic) bond motifs is 2. The number of nitrogens with one attached hydrogen (secondary N) is 3. The molecule has 0 aliphatic carbocycles. The molecular weight excluding hydrogens is 332 g/mol. The molecule has 2 unspecified atom stereocenters. The van der Waals surface area contributed by atoms with Crippen molar-refractivity contribution in [1.82, 2.24) is 10.3 Å². The van der Waals surface area contributed by atoms with Crippen LogP contribution in [0.2, 0.25) is 0 Å². The Morgan fingerprint density at radius 2 is 1.88 bits per heavy atom. The van der Waals surface area contributed by atoms with E-state index in [-0.39, 0.29) is 5.91 Å². The van der Waals surface area contributed by atoms with Crippen molar-refractivity contribution in [2.75, 3.05) is 10.6 Å². The fourth-order valence-electron chi connectivity index (χ4n) is 3.99. The Balaban J connectivity index is 1.29. The lowest BCUT2D eigenvalue weighted by atomic mass is 9.89. The predicted molar refractivity (Wildman–Crippen MR) is 102 cm³/mol. The van der Waals surface area contributed by atoms with Crippen LogP contribution in [0.15, 0.2) is 29.6 Å². The van der Waals surface area contributed by atoms with Gasteiger partial charge in [0.1, 0.15) is 0 Å². The number of amides is 1. The quantitative estimate of drug-likeness (QED) is 0.756. The molecule has 2 atom stereocenters. The second-order valence-electron chi connectivity index (χ2n) is 7.22. The first-order valence-corrected chi connectivity index (χ1v) is 9.87. The first-order valence-electron chi connectivity index (χ1n) is 8.99. The number of anilines is 3. The first kappa shape index (κ1) is 16.5. The standard InChI is InChI=1S/C19H24N4OS/c1-12-11-25-19(20-12)23-15-4-2-14(3-5-15)22-18(24)10-13-8-16-6-7-17(9-13)21-16/h2-5,11,13,16-17,21H,6-10H2,1H3,(H,20,23)(H,22,24). The maximum absolute atomic E-state index is 12.3. The van der Waals surface area contributed by atoms with Crippen LogP contribution < -0.4 is 16.0 Å². The summed E-state index contributed by atoms with van der Waals surface area (Å²) in [6.45, 7) is 1.98. The number of rotatable bonds is 5. The molecule has 2 saturated heterocycles. The number of hydrogen-bond acceptors (Lipinski definition) is 5. The minimum atomic E-state index is 0.127. The minimum absolute atomic E-state index is 0.127. The topological polar surface area (TPSA) is 66.0 Å². The van der Waals surface area contributed by atoms with Crippen molar-refractivity contribution in [2.24, 2.45) is 5.92 Å². The Labute approximate surface area is 152 Å². The lowest BCUT2D eigenvalue weighted by Crippen LogP contribution is -2.39. The molecular formula is C19H24N4OS. The van der Waals surface area contributed by atoms with Crippen molar-refractivity contribution >= 4 is 33.8 Å². The van der Waals surface area contributed by atoms with E-state index in [1.54, 1.807) is 11.3 Å². The second kappa shape index (κ2) is 7.14. The number of piperidine rings is 1. The molecule has 2 aliphatic heterocycles. The zero-order valence-electron chi connectivity index (χ0n) is 14.4. The zero-order valence-corrected chi connectivity index (χ0v) is 15.2. The van der Waals surface area contributed by atoms with E-state index in [9.17, 15) is 4.79 Å². The molecule has 1 aromatic carbocycles. The van der Waals surface area contributed by atoms with E-state index in [0.717, 1.165) is 35.0 Å². The Hall–Kier alpha value is -1.92. The number of carbonyl (C=O) groups excluding carboxylic acids is 1. The second-order valence-corrected chi connectivity index (χ2v) is 8.08. The summed E-state index contributed by atoms with van der Waals surface area (Å²) in [5.74, 6) is 0.649. The van der Waals surface area contributed by atoms with Crippen molar-refractivity contribution in [2.45, 2.75) is 51.1 Å². The highest BCUT2D eigenvalue weighted by molar-refractivity contribution is 7.13. The molecule has 3 heterocycles. The van der Waals surface area contributed by atoms with Crippen LogP contribution in [-0.4, -0.2) is 23.0 Å². The molecule has 132 valence electrons. The summed E-state index contributed by atoms with van der Waals surface area (Å²) < 4.78 is 0. The molecule has 0 radical (unpaired) electrons. The van der Waals surface area contributed by atoms with E-state index < -0.39 is 0 Å². The van der Waals surface area contributed by atoms with Crippen LogP contribution >= 0.6 is 11.3 Å². The highest BCUT2D eigenvalue weighted by Crippen LogP contribution is 2.32. The molecule has 4 rings (SSSR count). The number of aromatic nitrogens is 1. The fourth-order valence-corrected chi connectivity index (χ4v) is 4.70. The van der Waals surface area contributed by atoms with E-state index in [0.29, 0.717) is 24.4 Å². The molecule has 0 spiro atoms. The van der Waals surface area contributed by atoms with Crippen LogP contribution in [0.5, 0.6) is 0 Å². The van der Waals surface area contributed by atoms with Gasteiger partial charge in [0, 0.05) is 35.3 Å². The molecule has 0 saturated carbocycles. The number of thiazole rings is 1. The summed E-state index contributed by atoms with van der Waals surface area (Å²) in [4.78, 5) is 16.7. The third-order valence-corrected chi connectivity index (χ3v) is 5.96. The van der Waals surface area contributed by atoms with Gasteiger partial charge in [-0.2, -0.15) is 0 Å². The lowest BCUT2D eigenvalue weighted by Gasteiger charge is -2.28. The Morgan fingerprint density at radius 1 is 1.20 bits per heavy atom. The lowest BCUT2D eigenvalue weighted by molar-refractivity contribution is -0.117. The molecule has 25 heavy (non-hydrogen) atoms. The molecule has 5 nitrogen and oxygen atoms in total. The molecule has 3 N–H and O–H groups in total. The summed E-state index contributed by atoms with van der Waals surface area (Å²) in [6, 6.07) is 9.08. The number of hydrogen-bond donors (Lipinski definition) is 3. The van der Waals surface area contributed by atoms with Crippen LogP contribution in [0.1, 0.15) is 37.8 Å². The van der Waals surface area contributed by atoms with Crippen molar-refractivity contribution in [1.29, 1.82) is 0 Å². The smallest absolute Gasteiger partial charge is 0.224 e. The van der Waals surface area contributed by atoms with Crippen molar-refractivity contribution in [3.8, 4) is 0 Å². The molecule has 2 aliphatic rings. The molecule has 2 fully saturated rings. The van der Waals surface area contributed by atoms with Crippen molar-refractivity contribution < 1.29 is 4.79 Å². The number of benzene rings is 1. The van der Waals surface area contributed by atoms with Crippen molar-refractivity contribution in [3.63, 3.8) is 0 Å². The third-order valence-electron chi connectivity index (χ3n) is 5.08. The van der Waals surface area contributed by atoms with Gasteiger partial charge in [-0.1, -0.05) is 0 Å². The summed E-state index contributed by atoms with van der Waals surface area (Å²) in [7, 11) is 0.